The summed E-state index contributed by atoms with van der Waals surface area (Å²) in [5.41, 5.74) is 6.28. The van der Waals surface area contributed by atoms with Crippen LogP contribution in [-0.2, 0) is 10.0 Å². The third kappa shape index (κ3) is 4.66. The summed E-state index contributed by atoms with van der Waals surface area (Å²) in [7, 11) is -0.531. The van der Waals surface area contributed by atoms with Gasteiger partial charge in [0.1, 0.15) is 0 Å². The molecule has 3 aromatic carbocycles. The van der Waals surface area contributed by atoms with Gasteiger partial charge in [-0.15, -0.1) is 0 Å². The number of anilines is 1. The van der Waals surface area contributed by atoms with E-state index in [1.807, 2.05) is 24.3 Å². The molecule has 1 heterocycles. The number of benzene rings is 3. The molecule has 1 unspecified atom stereocenters. The van der Waals surface area contributed by atoms with Crippen LogP contribution in [0.25, 0.3) is 0 Å². The monoisotopic (exact) mass is 471 g/mol. The van der Waals surface area contributed by atoms with Crippen molar-refractivity contribution in [2.45, 2.75) is 17.4 Å². The van der Waals surface area contributed by atoms with E-state index < -0.39 is 10.0 Å². The number of nitrogens with one attached hydrogen (secondary N) is 2. The quantitative estimate of drug-likeness (QED) is 0.525. The molecule has 3 aromatic rings. The fourth-order valence-electron chi connectivity index (χ4n) is 3.47. The molecule has 0 saturated heterocycles. The Morgan fingerprint density at radius 3 is 2.47 bits per heavy atom. The van der Waals surface area contributed by atoms with Crippen molar-refractivity contribution in [1.82, 2.24) is 5.43 Å². The highest BCUT2D eigenvalue weighted by Gasteiger charge is 2.23. The highest BCUT2D eigenvalue weighted by atomic mass is 35.5. The molecule has 0 radical (unpaired) electrons. The van der Waals surface area contributed by atoms with Crippen molar-refractivity contribution >= 4 is 33.0 Å². The molecule has 166 valence electrons. The number of rotatable bonds is 7. The third-order valence-electron chi connectivity index (χ3n) is 5.13. The van der Waals surface area contributed by atoms with Crippen LogP contribution < -0.4 is 19.6 Å². The zero-order chi connectivity index (χ0) is 22.7. The van der Waals surface area contributed by atoms with Crippen molar-refractivity contribution in [2.24, 2.45) is 5.10 Å². The van der Waals surface area contributed by atoms with E-state index in [9.17, 15) is 8.42 Å². The first-order valence-electron chi connectivity index (χ1n) is 9.82. The second-order valence-electron chi connectivity index (χ2n) is 7.20. The van der Waals surface area contributed by atoms with Crippen LogP contribution in [0.15, 0.2) is 76.7 Å². The molecule has 0 spiro atoms. The first kappa shape index (κ1) is 22.0. The summed E-state index contributed by atoms with van der Waals surface area (Å²) in [5.74, 6) is 1.31. The van der Waals surface area contributed by atoms with Gasteiger partial charge < -0.3 is 14.9 Å². The van der Waals surface area contributed by atoms with E-state index in [0.717, 1.165) is 16.8 Å². The fourth-order valence-corrected chi connectivity index (χ4v) is 4.65. The van der Waals surface area contributed by atoms with E-state index >= 15 is 0 Å². The van der Waals surface area contributed by atoms with Crippen LogP contribution in [0, 0.1) is 0 Å². The van der Waals surface area contributed by atoms with Gasteiger partial charge in [0.15, 0.2) is 11.5 Å². The molecule has 0 bridgehead atoms. The standard InChI is InChI=1S/C23H22ClN3O4S/c1-30-22-11-6-16(13-23(22)31-2)21-14-20(25-26-21)15-4-3-5-18(12-15)27-32(28,29)19-9-7-17(24)8-10-19/h3-13,21,26-27H,14H2,1-2H3. The molecule has 0 aromatic heterocycles. The van der Waals surface area contributed by atoms with Crippen LogP contribution >= 0.6 is 11.6 Å². The van der Waals surface area contributed by atoms with Gasteiger partial charge in [-0.3, -0.25) is 4.72 Å². The van der Waals surface area contributed by atoms with Crippen LogP contribution in [0.4, 0.5) is 5.69 Å². The molecule has 7 nitrogen and oxygen atoms in total. The maximum atomic E-state index is 12.7. The SMILES string of the molecule is COc1ccc(C2CC(c3cccc(NS(=O)(=O)c4ccc(Cl)cc4)c3)=NN2)cc1OC. The molecule has 0 aliphatic carbocycles. The van der Waals surface area contributed by atoms with E-state index in [1.165, 1.54) is 12.1 Å². The minimum atomic E-state index is -3.73. The van der Waals surface area contributed by atoms with Gasteiger partial charge in [-0.1, -0.05) is 29.8 Å². The van der Waals surface area contributed by atoms with Crippen molar-refractivity contribution in [1.29, 1.82) is 0 Å². The summed E-state index contributed by atoms with van der Waals surface area (Å²) < 4.78 is 38.7. The minimum absolute atomic E-state index is 0.0285. The molecular formula is C23H22ClN3O4S. The smallest absolute Gasteiger partial charge is 0.261 e. The van der Waals surface area contributed by atoms with Crippen molar-refractivity contribution < 1.29 is 17.9 Å². The molecule has 0 amide bonds. The average molecular weight is 472 g/mol. The number of methoxy groups -OCH3 is 2. The van der Waals surface area contributed by atoms with Gasteiger partial charge in [0.25, 0.3) is 10.0 Å². The van der Waals surface area contributed by atoms with Crippen LogP contribution in [0.5, 0.6) is 11.5 Å². The van der Waals surface area contributed by atoms with Gasteiger partial charge in [0.2, 0.25) is 0 Å². The summed E-state index contributed by atoms with van der Waals surface area (Å²) >= 11 is 5.86. The number of nitrogens with zero attached hydrogens (tertiary/aromatic N) is 1. The van der Waals surface area contributed by atoms with Crippen molar-refractivity contribution in [3.05, 3.63) is 82.9 Å². The normalized spacial score (nSPS) is 15.6. The van der Waals surface area contributed by atoms with E-state index in [0.29, 0.717) is 28.6 Å². The Morgan fingerprint density at radius 2 is 1.75 bits per heavy atom. The summed E-state index contributed by atoms with van der Waals surface area (Å²) in [5, 5.41) is 4.94. The number of hydrogen-bond acceptors (Lipinski definition) is 6. The number of halogens is 1. The first-order chi connectivity index (χ1) is 15.4. The van der Waals surface area contributed by atoms with Crippen LogP contribution in [0.1, 0.15) is 23.6 Å². The number of hydrazone groups is 1. The molecule has 0 saturated carbocycles. The lowest BCUT2D eigenvalue weighted by molar-refractivity contribution is 0.354. The summed E-state index contributed by atoms with van der Waals surface area (Å²) in [4.78, 5) is 0.140. The van der Waals surface area contributed by atoms with E-state index in [2.05, 4.69) is 15.2 Å². The Morgan fingerprint density at radius 1 is 1.00 bits per heavy atom. The van der Waals surface area contributed by atoms with E-state index in [-0.39, 0.29) is 10.9 Å². The lowest BCUT2D eigenvalue weighted by Gasteiger charge is -2.14. The predicted molar refractivity (Wildman–Crippen MR) is 125 cm³/mol. The Kier molecular flexibility index (Phi) is 6.25. The number of sulfonamides is 1. The molecular weight excluding hydrogens is 450 g/mol. The van der Waals surface area contributed by atoms with E-state index in [4.69, 9.17) is 21.1 Å². The average Bonchev–Trinajstić information content (AvgIpc) is 3.29. The number of ether oxygens (including phenoxy) is 2. The van der Waals surface area contributed by atoms with Gasteiger partial charge >= 0.3 is 0 Å². The van der Waals surface area contributed by atoms with Gasteiger partial charge in [0, 0.05) is 17.1 Å². The van der Waals surface area contributed by atoms with Crippen LogP contribution in [-0.4, -0.2) is 28.3 Å². The minimum Gasteiger partial charge on any atom is -0.493 e. The van der Waals surface area contributed by atoms with Crippen LogP contribution in [0.3, 0.4) is 0 Å². The zero-order valence-electron chi connectivity index (χ0n) is 17.5. The molecule has 32 heavy (non-hydrogen) atoms. The Labute approximate surface area is 192 Å². The summed E-state index contributed by atoms with van der Waals surface area (Å²) in [6, 6.07) is 18.9. The molecule has 0 fully saturated rings. The molecule has 1 aliphatic rings. The molecule has 1 aliphatic heterocycles. The van der Waals surface area contributed by atoms with E-state index in [1.54, 1.807) is 44.6 Å². The Hall–Kier alpha value is -3.23. The summed E-state index contributed by atoms with van der Waals surface area (Å²) in [6.45, 7) is 0. The Balaban J connectivity index is 1.50. The fraction of sp³-hybridized carbons (Fsp3) is 0.174. The molecule has 1 atom stereocenters. The third-order valence-corrected chi connectivity index (χ3v) is 6.78. The topological polar surface area (TPSA) is 89.0 Å². The number of hydrogen-bond donors (Lipinski definition) is 2. The highest BCUT2D eigenvalue weighted by Crippen LogP contribution is 2.33. The lowest BCUT2D eigenvalue weighted by atomic mass is 9.98. The van der Waals surface area contributed by atoms with Crippen molar-refractivity contribution in [3.8, 4) is 11.5 Å². The first-order valence-corrected chi connectivity index (χ1v) is 11.7. The summed E-state index contributed by atoms with van der Waals surface area (Å²) in [6.07, 6.45) is 0.642. The molecule has 9 heteroatoms. The van der Waals surface area contributed by atoms with Crippen LogP contribution in [0.2, 0.25) is 5.02 Å². The lowest BCUT2D eigenvalue weighted by Crippen LogP contribution is -2.13. The van der Waals surface area contributed by atoms with Gasteiger partial charge in [-0.2, -0.15) is 5.10 Å². The largest absolute Gasteiger partial charge is 0.493 e. The molecule has 4 rings (SSSR count). The van der Waals surface area contributed by atoms with Crippen molar-refractivity contribution in [2.75, 3.05) is 18.9 Å². The van der Waals surface area contributed by atoms with Gasteiger partial charge in [-0.05, 0) is 59.7 Å². The maximum absolute atomic E-state index is 12.7. The van der Waals surface area contributed by atoms with Gasteiger partial charge in [0.05, 0.1) is 30.9 Å². The second kappa shape index (κ2) is 9.10. The van der Waals surface area contributed by atoms with Crippen molar-refractivity contribution in [3.63, 3.8) is 0 Å². The highest BCUT2D eigenvalue weighted by molar-refractivity contribution is 7.92. The maximum Gasteiger partial charge on any atom is 0.261 e. The Bertz CT molecular complexity index is 1260. The zero-order valence-corrected chi connectivity index (χ0v) is 19.1. The second-order valence-corrected chi connectivity index (χ2v) is 9.32. The van der Waals surface area contributed by atoms with Gasteiger partial charge in [-0.25, -0.2) is 8.42 Å². The predicted octanol–water partition coefficient (Wildman–Crippen LogP) is 4.60. The molecule has 2 N–H and O–H groups in total.